The third-order valence-electron chi connectivity index (χ3n) is 2.13. The Morgan fingerprint density at radius 1 is 1.00 bits per heavy atom. The Morgan fingerprint density at radius 3 is 1.79 bits per heavy atom. The minimum atomic E-state index is -3.89. The molecule has 0 bridgehead atoms. The van der Waals surface area contributed by atoms with Crippen molar-refractivity contribution in [3.63, 3.8) is 0 Å². The number of ether oxygens (including phenoxy) is 3. The molecule has 1 aromatic carbocycles. The fraction of sp³-hybridized carbons (Fsp3) is 0.364. The van der Waals surface area contributed by atoms with Gasteiger partial charge in [-0.2, -0.15) is 8.42 Å². The number of rotatable bonds is 5. The number of carbonyl (C=O) groups excluding carboxylic acids is 1. The highest BCUT2D eigenvalue weighted by molar-refractivity contribution is 7.86. The number of carbonyl (C=O) groups is 1. The first-order valence-corrected chi connectivity index (χ1v) is 6.87. The molecule has 8 heteroatoms. The maximum Gasteiger partial charge on any atom is 0.354 e. The van der Waals surface area contributed by atoms with Gasteiger partial charge < -0.3 is 18.4 Å². The van der Waals surface area contributed by atoms with Crippen LogP contribution < -0.4 is 14.2 Å². The van der Waals surface area contributed by atoms with E-state index in [9.17, 15) is 13.2 Å². The zero-order valence-electron chi connectivity index (χ0n) is 10.9. The molecule has 19 heavy (non-hydrogen) atoms. The third-order valence-corrected chi connectivity index (χ3v) is 2.58. The van der Waals surface area contributed by atoms with Crippen LogP contribution in [0.3, 0.4) is 0 Å². The lowest BCUT2D eigenvalue weighted by Gasteiger charge is -2.13. The van der Waals surface area contributed by atoms with E-state index in [1.807, 2.05) is 0 Å². The number of methoxy groups -OCH3 is 3. The monoisotopic (exact) mass is 290 g/mol. The highest BCUT2D eigenvalue weighted by Gasteiger charge is 2.20. The van der Waals surface area contributed by atoms with Crippen molar-refractivity contribution in [1.82, 2.24) is 0 Å². The molecule has 7 nitrogen and oxygen atoms in total. The van der Waals surface area contributed by atoms with Crippen molar-refractivity contribution in [2.45, 2.75) is 0 Å². The molecule has 0 amide bonds. The average molecular weight is 290 g/mol. The van der Waals surface area contributed by atoms with Gasteiger partial charge in [-0.25, -0.2) is 4.79 Å². The largest absolute Gasteiger partial charge is 0.493 e. The van der Waals surface area contributed by atoms with Gasteiger partial charge in [0.2, 0.25) is 5.75 Å². The van der Waals surface area contributed by atoms with E-state index in [4.69, 9.17) is 14.2 Å². The summed E-state index contributed by atoms with van der Waals surface area (Å²) in [6.07, 6.45) is 0.781. The van der Waals surface area contributed by atoms with Gasteiger partial charge in [0, 0.05) is 0 Å². The summed E-state index contributed by atoms with van der Waals surface area (Å²) in [6, 6.07) is 2.60. The molecule has 106 valence electrons. The highest BCUT2D eigenvalue weighted by Crippen LogP contribution is 2.38. The lowest BCUT2D eigenvalue weighted by atomic mass is 10.2. The van der Waals surface area contributed by atoms with Gasteiger partial charge in [-0.05, 0) is 12.1 Å². The molecule has 0 fully saturated rings. The minimum Gasteiger partial charge on any atom is -0.493 e. The van der Waals surface area contributed by atoms with E-state index in [0.717, 1.165) is 6.26 Å². The molecule has 0 aliphatic carbocycles. The fourth-order valence-electron chi connectivity index (χ4n) is 1.38. The van der Waals surface area contributed by atoms with Crippen LogP contribution in [0.2, 0.25) is 0 Å². The number of hydrogen-bond donors (Lipinski definition) is 0. The van der Waals surface area contributed by atoms with Crippen LogP contribution in [-0.2, 0) is 14.3 Å². The Hall–Kier alpha value is -1.96. The summed E-state index contributed by atoms with van der Waals surface area (Å²) in [4.78, 5) is 11.6. The highest BCUT2D eigenvalue weighted by atomic mass is 32.2. The van der Waals surface area contributed by atoms with Gasteiger partial charge in [0.15, 0.2) is 11.5 Å². The lowest BCUT2D eigenvalue weighted by Crippen LogP contribution is -2.12. The van der Waals surface area contributed by atoms with E-state index >= 15 is 0 Å². The van der Waals surface area contributed by atoms with Crippen LogP contribution >= 0.6 is 0 Å². The van der Waals surface area contributed by atoms with Crippen LogP contribution in [0.4, 0.5) is 0 Å². The van der Waals surface area contributed by atoms with Crippen molar-refractivity contribution in [2.24, 2.45) is 0 Å². The van der Waals surface area contributed by atoms with Crippen molar-refractivity contribution in [3.8, 4) is 17.2 Å². The molecule has 0 saturated carbocycles. The summed E-state index contributed by atoms with van der Waals surface area (Å²) < 4.78 is 41.3. The molecular weight excluding hydrogens is 276 g/mol. The fourth-order valence-corrected chi connectivity index (χ4v) is 1.76. The third kappa shape index (κ3) is 3.75. The van der Waals surface area contributed by atoms with Crippen molar-refractivity contribution < 1.29 is 31.6 Å². The molecule has 0 radical (unpaired) electrons. The molecule has 0 saturated heterocycles. The summed E-state index contributed by atoms with van der Waals surface area (Å²) in [5.74, 6) is -0.285. The first-order chi connectivity index (χ1) is 8.82. The molecule has 0 unspecified atom stereocenters. The smallest absolute Gasteiger partial charge is 0.354 e. The summed E-state index contributed by atoms with van der Waals surface area (Å²) in [5, 5.41) is 0. The van der Waals surface area contributed by atoms with Crippen molar-refractivity contribution >= 4 is 16.1 Å². The molecular formula is C11H14O7S. The van der Waals surface area contributed by atoms with Crippen LogP contribution in [0, 0.1) is 0 Å². The normalized spacial score (nSPS) is 10.7. The summed E-state index contributed by atoms with van der Waals surface area (Å²) in [5.41, 5.74) is -0.0278. The Morgan fingerprint density at radius 2 is 1.47 bits per heavy atom. The molecule has 0 atom stereocenters. The Kier molecular flexibility index (Phi) is 4.60. The standard InChI is InChI=1S/C11H14O7S/c1-15-8-5-7(11(12)18-19(4,13)14)6-9(16-2)10(8)17-3/h5-6H,1-4H3. The number of benzene rings is 1. The van der Waals surface area contributed by atoms with Gasteiger partial charge in [0.1, 0.15) is 0 Å². The van der Waals surface area contributed by atoms with Crippen LogP contribution in [0.15, 0.2) is 12.1 Å². The first-order valence-electron chi connectivity index (χ1n) is 5.06. The van der Waals surface area contributed by atoms with Crippen LogP contribution in [0.25, 0.3) is 0 Å². The van der Waals surface area contributed by atoms with Gasteiger partial charge in [0.25, 0.3) is 0 Å². The second-order valence-corrected chi connectivity index (χ2v) is 5.06. The molecule has 1 rings (SSSR count). The van der Waals surface area contributed by atoms with E-state index in [2.05, 4.69) is 4.18 Å². The SMILES string of the molecule is COc1cc(C(=O)OS(C)(=O)=O)cc(OC)c1OC. The summed E-state index contributed by atoms with van der Waals surface area (Å²) >= 11 is 0. The average Bonchev–Trinajstić information content (AvgIpc) is 2.34. The molecule has 0 heterocycles. The van der Waals surface area contributed by atoms with Gasteiger partial charge in [-0.1, -0.05) is 0 Å². The predicted molar refractivity (Wildman–Crippen MR) is 66.4 cm³/mol. The van der Waals surface area contributed by atoms with Gasteiger partial charge >= 0.3 is 16.1 Å². The summed E-state index contributed by atoms with van der Waals surface area (Å²) in [7, 11) is 0.279. The van der Waals surface area contributed by atoms with Gasteiger partial charge in [-0.15, -0.1) is 0 Å². The zero-order chi connectivity index (χ0) is 14.6. The van der Waals surface area contributed by atoms with Crippen molar-refractivity contribution in [2.75, 3.05) is 27.6 Å². The lowest BCUT2D eigenvalue weighted by molar-refractivity contribution is 0.0747. The first kappa shape index (κ1) is 15.1. The van der Waals surface area contributed by atoms with E-state index in [1.54, 1.807) is 0 Å². The maximum atomic E-state index is 11.6. The Bertz CT molecular complexity index is 552. The summed E-state index contributed by atoms with van der Waals surface area (Å²) in [6.45, 7) is 0. The second kappa shape index (κ2) is 5.79. The Balaban J connectivity index is 3.27. The van der Waals surface area contributed by atoms with Gasteiger partial charge in [0.05, 0.1) is 33.1 Å². The molecule has 0 spiro atoms. The maximum absolute atomic E-state index is 11.6. The molecule has 0 aromatic heterocycles. The van der Waals surface area contributed by atoms with E-state index in [1.165, 1.54) is 33.5 Å². The van der Waals surface area contributed by atoms with E-state index < -0.39 is 16.1 Å². The zero-order valence-corrected chi connectivity index (χ0v) is 11.7. The van der Waals surface area contributed by atoms with Crippen LogP contribution in [0.1, 0.15) is 10.4 Å². The second-order valence-electron chi connectivity index (χ2n) is 3.49. The Labute approximate surface area is 111 Å². The van der Waals surface area contributed by atoms with E-state index in [-0.39, 0.29) is 17.1 Å². The molecule has 1 aromatic rings. The van der Waals surface area contributed by atoms with Crippen LogP contribution in [-0.4, -0.2) is 42.0 Å². The molecule has 0 aliphatic heterocycles. The minimum absolute atomic E-state index is 0.0278. The van der Waals surface area contributed by atoms with Crippen molar-refractivity contribution in [1.29, 1.82) is 0 Å². The van der Waals surface area contributed by atoms with E-state index in [0.29, 0.717) is 5.75 Å². The van der Waals surface area contributed by atoms with Gasteiger partial charge in [-0.3, -0.25) is 0 Å². The van der Waals surface area contributed by atoms with Crippen LogP contribution in [0.5, 0.6) is 17.2 Å². The molecule has 0 aliphatic rings. The number of hydrogen-bond acceptors (Lipinski definition) is 7. The topological polar surface area (TPSA) is 88.1 Å². The van der Waals surface area contributed by atoms with Crippen molar-refractivity contribution in [3.05, 3.63) is 17.7 Å². The predicted octanol–water partition coefficient (Wildman–Crippen LogP) is 0.829. The quantitative estimate of drug-likeness (QED) is 0.742. The molecule has 0 N–H and O–H groups in total.